The highest BCUT2D eigenvalue weighted by molar-refractivity contribution is 9.10. The van der Waals surface area contributed by atoms with Crippen LogP contribution in [0.5, 0.6) is 11.5 Å². The van der Waals surface area contributed by atoms with E-state index in [2.05, 4.69) is 58.5 Å². The van der Waals surface area contributed by atoms with E-state index < -0.39 is 0 Å². The molecule has 0 amide bonds. The SMILES string of the molecule is CCc1ccc2c(c1)[C@H]1OCCC[C@H]1[C@@H](c1cc(Br)c(OC)c(OC)c1)N2. The van der Waals surface area contributed by atoms with E-state index in [1.54, 1.807) is 14.2 Å². The quantitative estimate of drug-likeness (QED) is 0.677. The Balaban J connectivity index is 1.78. The summed E-state index contributed by atoms with van der Waals surface area (Å²) in [6.45, 7) is 3.03. The lowest BCUT2D eigenvalue weighted by Crippen LogP contribution is -2.36. The van der Waals surface area contributed by atoms with E-state index in [4.69, 9.17) is 14.2 Å². The summed E-state index contributed by atoms with van der Waals surface area (Å²) in [5, 5.41) is 3.78. The van der Waals surface area contributed by atoms with Gasteiger partial charge in [-0.1, -0.05) is 19.1 Å². The average molecular weight is 432 g/mol. The molecule has 2 aromatic rings. The van der Waals surface area contributed by atoms with Crippen molar-refractivity contribution in [1.29, 1.82) is 0 Å². The fraction of sp³-hybridized carbons (Fsp3) is 0.455. The van der Waals surface area contributed by atoms with Gasteiger partial charge in [-0.3, -0.25) is 0 Å². The minimum absolute atomic E-state index is 0.137. The summed E-state index contributed by atoms with van der Waals surface area (Å²) in [7, 11) is 3.34. The molecule has 144 valence electrons. The number of nitrogens with one attached hydrogen (secondary N) is 1. The largest absolute Gasteiger partial charge is 0.493 e. The third-order valence-corrected chi connectivity index (χ3v) is 6.34. The summed E-state index contributed by atoms with van der Waals surface area (Å²) < 4.78 is 18.2. The van der Waals surface area contributed by atoms with E-state index in [0.717, 1.165) is 41.8 Å². The molecule has 2 aliphatic rings. The molecule has 4 nitrogen and oxygen atoms in total. The number of halogens is 1. The van der Waals surface area contributed by atoms with Crippen molar-refractivity contribution in [2.75, 3.05) is 26.1 Å². The first-order valence-electron chi connectivity index (χ1n) is 9.58. The number of hydrogen-bond acceptors (Lipinski definition) is 4. The third kappa shape index (κ3) is 3.32. The topological polar surface area (TPSA) is 39.7 Å². The van der Waals surface area contributed by atoms with Crippen LogP contribution in [0.15, 0.2) is 34.8 Å². The molecule has 3 atom stereocenters. The minimum Gasteiger partial charge on any atom is -0.493 e. The molecule has 2 heterocycles. The van der Waals surface area contributed by atoms with Gasteiger partial charge in [0, 0.05) is 23.8 Å². The average Bonchev–Trinajstić information content (AvgIpc) is 2.72. The lowest BCUT2D eigenvalue weighted by Gasteiger charge is -2.43. The molecule has 1 fully saturated rings. The predicted molar refractivity (Wildman–Crippen MR) is 111 cm³/mol. The molecule has 0 unspecified atom stereocenters. The first-order chi connectivity index (χ1) is 13.2. The van der Waals surface area contributed by atoms with Crippen LogP contribution in [0, 0.1) is 5.92 Å². The second kappa shape index (κ2) is 7.72. The Labute approximate surface area is 169 Å². The maximum Gasteiger partial charge on any atom is 0.174 e. The van der Waals surface area contributed by atoms with Gasteiger partial charge in [-0.25, -0.2) is 0 Å². The van der Waals surface area contributed by atoms with E-state index in [9.17, 15) is 0 Å². The highest BCUT2D eigenvalue weighted by atomic mass is 79.9. The van der Waals surface area contributed by atoms with Crippen molar-refractivity contribution in [2.24, 2.45) is 5.92 Å². The van der Waals surface area contributed by atoms with Crippen molar-refractivity contribution in [3.63, 3.8) is 0 Å². The molecule has 0 bridgehead atoms. The van der Waals surface area contributed by atoms with Crippen LogP contribution in [0.25, 0.3) is 0 Å². The van der Waals surface area contributed by atoms with Crippen LogP contribution in [0.4, 0.5) is 5.69 Å². The third-order valence-electron chi connectivity index (χ3n) is 5.75. The van der Waals surface area contributed by atoms with E-state index >= 15 is 0 Å². The molecule has 0 aliphatic carbocycles. The Bertz CT molecular complexity index is 839. The van der Waals surface area contributed by atoms with Crippen LogP contribution in [-0.2, 0) is 11.2 Å². The second-order valence-electron chi connectivity index (χ2n) is 7.23. The maximum atomic E-state index is 6.28. The smallest absolute Gasteiger partial charge is 0.174 e. The van der Waals surface area contributed by atoms with Gasteiger partial charge in [0.15, 0.2) is 11.5 Å². The van der Waals surface area contributed by atoms with Crippen molar-refractivity contribution in [1.82, 2.24) is 0 Å². The molecule has 0 radical (unpaired) electrons. The Morgan fingerprint density at radius 2 is 2.04 bits per heavy atom. The molecular formula is C22H26BrNO3. The Morgan fingerprint density at radius 1 is 1.19 bits per heavy atom. The van der Waals surface area contributed by atoms with E-state index in [-0.39, 0.29) is 12.1 Å². The van der Waals surface area contributed by atoms with Crippen molar-refractivity contribution in [3.8, 4) is 11.5 Å². The number of aryl methyl sites for hydroxylation is 1. The van der Waals surface area contributed by atoms with Gasteiger partial charge in [-0.2, -0.15) is 0 Å². The van der Waals surface area contributed by atoms with Crippen molar-refractivity contribution in [2.45, 2.75) is 38.3 Å². The highest BCUT2D eigenvalue weighted by Crippen LogP contribution is 2.50. The molecule has 5 heteroatoms. The van der Waals surface area contributed by atoms with Crippen molar-refractivity contribution < 1.29 is 14.2 Å². The molecule has 0 aromatic heterocycles. The lowest BCUT2D eigenvalue weighted by atomic mass is 9.77. The standard InChI is InChI=1S/C22H26BrNO3/c1-4-13-7-8-18-16(10-13)21-15(6-5-9-27-21)20(24-18)14-11-17(23)22(26-3)19(12-14)25-2/h7-8,10-12,15,20-21,24H,4-6,9H2,1-3H3/t15-,20+,21-/m0/s1. The van der Waals surface area contributed by atoms with E-state index in [1.165, 1.54) is 22.4 Å². The molecule has 0 spiro atoms. The Kier molecular flexibility index (Phi) is 5.33. The molecular weight excluding hydrogens is 406 g/mol. The van der Waals surface area contributed by atoms with Gasteiger partial charge in [0.05, 0.1) is 30.8 Å². The maximum absolute atomic E-state index is 6.28. The summed E-state index contributed by atoms with van der Waals surface area (Å²) in [6, 6.07) is 11.1. The highest BCUT2D eigenvalue weighted by Gasteiger charge is 2.40. The Morgan fingerprint density at radius 3 is 2.78 bits per heavy atom. The monoisotopic (exact) mass is 431 g/mol. The molecule has 1 saturated heterocycles. The van der Waals surface area contributed by atoms with Crippen molar-refractivity contribution in [3.05, 3.63) is 51.5 Å². The van der Waals surface area contributed by atoms with Gasteiger partial charge < -0.3 is 19.5 Å². The van der Waals surface area contributed by atoms with Gasteiger partial charge in [0.25, 0.3) is 0 Å². The predicted octanol–water partition coefficient (Wildman–Crippen LogP) is 5.66. The number of hydrogen-bond donors (Lipinski definition) is 1. The molecule has 0 saturated carbocycles. The number of fused-ring (bicyclic) bond motifs is 3. The zero-order valence-electron chi connectivity index (χ0n) is 16.0. The van der Waals surface area contributed by atoms with Gasteiger partial charge in [0.1, 0.15) is 0 Å². The van der Waals surface area contributed by atoms with Gasteiger partial charge in [-0.05, 0) is 64.5 Å². The molecule has 1 N–H and O–H groups in total. The van der Waals surface area contributed by atoms with Gasteiger partial charge in [-0.15, -0.1) is 0 Å². The van der Waals surface area contributed by atoms with Crippen LogP contribution < -0.4 is 14.8 Å². The van der Waals surface area contributed by atoms with Crippen LogP contribution in [-0.4, -0.2) is 20.8 Å². The number of rotatable bonds is 4. The summed E-state index contributed by atoms with van der Waals surface area (Å²) in [4.78, 5) is 0. The normalized spacial score (nSPS) is 23.8. The molecule has 4 rings (SSSR count). The van der Waals surface area contributed by atoms with E-state index in [1.807, 2.05) is 0 Å². The Hall–Kier alpha value is -1.72. The van der Waals surface area contributed by atoms with Crippen LogP contribution in [0.3, 0.4) is 0 Å². The van der Waals surface area contributed by atoms with Crippen LogP contribution in [0.1, 0.15) is 48.6 Å². The second-order valence-corrected chi connectivity index (χ2v) is 8.09. The zero-order chi connectivity index (χ0) is 19.0. The summed E-state index contributed by atoms with van der Waals surface area (Å²) in [6.07, 6.45) is 3.41. The summed E-state index contributed by atoms with van der Waals surface area (Å²) in [5.41, 5.74) is 5.02. The molecule has 2 aliphatic heterocycles. The van der Waals surface area contributed by atoms with Crippen molar-refractivity contribution >= 4 is 21.6 Å². The number of ether oxygens (including phenoxy) is 3. The summed E-state index contributed by atoms with van der Waals surface area (Å²) >= 11 is 3.64. The molecule has 27 heavy (non-hydrogen) atoms. The number of methoxy groups -OCH3 is 2. The van der Waals surface area contributed by atoms with Crippen LogP contribution in [0.2, 0.25) is 0 Å². The first-order valence-corrected chi connectivity index (χ1v) is 10.4. The number of anilines is 1. The fourth-order valence-corrected chi connectivity index (χ4v) is 5.01. The summed E-state index contributed by atoms with van der Waals surface area (Å²) in [5.74, 6) is 1.86. The number of benzene rings is 2. The van der Waals surface area contributed by atoms with Gasteiger partial charge in [0.2, 0.25) is 0 Å². The lowest BCUT2D eigenvalue weighted by molar-refractivity contribution is -0.0382. The van der Waals surface area contributed by atoms with Crippen LogP contribution >= 0.6 is 15.9 Å². The molecule has 2 aromatic carbocycles. The van der Waals surface area contributed by atoms with Gasteiger partial charge >= 0.3 is 0 Å². The minimum atomic E-state index is 0.137. The first kappa shape index (κ1) is 18.6. The fourth-order valence-electron chi connectivity index (χ4n) is 4.39. The zero-order valence-corrected chi connectivity index (χ0v) is 17.6. The van der Waals surface area contributed by atoms with E-state index in [0.29, 0.717) is 5.92 Å².